The zero-order chi connectivity index (χ0) is 15.0. The lowest BCUT2D eigenvalue weighted by atomic mass is 9.92. The smallest absolute Gasteiger partial charge is 0.243 e. The Labute approximate surface area is 125 Å². The van der Waals surface area contributed by atoms with Gasteiger partial charge in [-0.05, 0) is 36.8 Å². The summed E-state index contributed by atoms with van der Waals surface area (Å²) in [7, 11) is -3.65. The fourth-order valence-electron chi connectivity index (χ4n) is 2.61. The first-order chi connectivity index (χ1) is 9.21. The van der Waals surface area contributed by atoms with Crippen molar-refractivity contribution in [1.29, 1.82) is 0 Å². The van der Waals surface area contributed by atoms with E-state index < -0.39 is 10.0 Å². The normalized spacial score (nSPS) is 21.8. The zero-order valence-corrected chi connectivity index (χ0v) is 13.2. The van der Waals surface area contributed by atoms with Gasteiger partial charge in [0.15, 0.2) is 0 Å². The van der Waals surface area contributed by atoms with Crippen LogP contribution in [0.1, 0.15) is 38.8 Å². The second-order valence-corrected chi connectivity index (χ2v) is 8.06. The van der Waals surface area contributed by atoms with Crippen molar-refractivity contribution in [1.82, 2.24) is 9.71 Å². The first kappa shape index (κ1) is 15.3. The molecule has 0 amide bonds. The molecule has 7 heteroatoms. The molecule has 1 aromatic rings. The lowest BCUT2D eigenvalue weighted by molar-refractivity contribution is 0.372. The lowest BCUT2D eigenvalue weighted by Crippen LogP contribution is -2.35. The number of nitrogens with one attached hydrogen (secondary N) is 1. The number of nitrogens with zero attached hydrogens (tertiary/aromatic N) is 1. The molecule has 1 aromatic heterocycles. The molecule has 0 bridgehead atoms. The van der Waals surface area contributed by atoms with Crippen LogP contribution in [-0.4, -0.2) is 24.4 Å². The van der Waals surface area contributed by atoms with Gasteiger partial charge in [-0.2, -0.15) is 0 Å². The first-order valence-corrected chi connectivity index (χ1v) is 8.38. The van der Waals surface area contributed by atoms with E-state index in [2.05, 4.69) is 23.6 Å². The van der Waals surface area contributed by atoms with Crippen LogP contribution in [0.5, 0.6) is 0 Å². The molecule has 0 saturated heterocycles. The summed E-state index contributed by atoms with van der Waals surface area (Å²) in [6.07, 6.45) is 4.16. The number of rotatable bonds is 4. The van der Waals surface area contributed by atoms with Crippen LogP contribution in [-0.2, 0) is 10.0 Å². The molecule has 1 fully saturated rings. The molecule has 1 atom stereocenters. The van der Waals surface area contributed by atoms with Crippen molar-refractivity contribution in [2.75, 3.05) is 0 Å². The average Bonchev–Trinajstić information content (AvgIpc) is 2.68. The molecule has 1 aliphatic rings. The summed E-state index contributed by atoms with van der Waals surface area (Å²) in [5, 5.41) is 0. The third kappa shape index (κ3) is 3.34. The van der Waals surface area contributed by atoms with Gasteiger partial charge in [0.2, 0.25) is 10.0 Å². The maximum absolute atomic E-state index is 12.5. The third-order valence-electron chi connectivity index (χ3n) is 3.58. The van der Waals surface area contributed by atoms with E-state index in [1.165, 1.54) is 12.3 Å². The number of pyridine rings is 1. The van der Waals surface area contributed by atoms with E-state index in [0.717, 1.165) is 19.3 Å². The predicted octanol–water partition coefficient (Wildman–Crippen LogP) is 1.57. The number of hydrogen-bond acceptors (Lipinski definition) is 4. The van der Waals surface area contributed by atoms with Gasteiger partial charge in [0, 0.05) is 12.2 Å². The van der Waals surface area contributed by atoms with Gasteiger partial charge < -0.3 is 5.73 Å². The Bertz CT molecular complexity index is 626. The molecule has 1 saturated carbocycles. The van der Waals surface area contributed by atoms with Gasteiger partial charge in [0.05, 0.1) is 0 Å². The Hall–Kier alpha value is -1.05. The van der Waals surface area contributed by atoms with E-state index in [9.17, 15) is 8.42 Å². The lowest BCUT2D eigenvalue weighted by Gasteiger charge is -2.18. The topological polar surface area (TPSA) is 85.1 Å². The monoisotopic (exact) mass is 313 g/mol. The largest absolute Gasteiger partial charge is 0.388 e. The fourth-order valence-corrected chi connectivity index (χ4v) is 4.28. The van der Waals surface area contributed by atoms with Gasteiger partial charge in [-0.15, -0.1) is 0 Å². The minimum absolute atomic E-state index is 0.0160. The fraction of sp³-hybridized carbons (Fsp3) is 0.538. The summed E-state index contributed by atoms with van der Waals surface area (Å²) in [5.41, 5.74) is 5.86. The van der Waals surface area contributed by atoms with Gasteiger partial charge in [0.1, 0.15) is 15.6 Å². The van der Waals surface area contributed by atoms with E-state index in [4.69, 9.17) is 18.0 Å². The standard InChI is InChI=1S/C13H19N3O2S2/c1-13(2)6-5-9(8-13)16-20(17,18)10-4-3-7-15-11(10)12(14)19/h3-4,7,9,16H,5-6,8H2,1-2H3,(H2,14,19). The van der Waals surface area contributed by atoms with Crippen LogP contribution in [0.2, 0.25) is 0 Å². The van der Waals surface area contributed by atoms with Gasteiger partial charge in [-0.25, -0.2) is 13.1 Å². The zero-order valence-electron chi connectivity index (χ0n) is 11.6. The van der Waals surface area contributed by atoms with Crippen molar-refractivity contribution in [3.63, 3.8) is 0 Å². The molecular weight excluding hydrogens is 294 g/mol. The second kappa shape index (κ2) is 5.38. The maximum atomic E-state index is 12.5. The number of hydrogen-bond donors (Lipinski definition) is 2. The van der Waals surface area contributed by atoms with Crippen LogP contribution in [0.25, 0.3) is 0 Å². The third-order valence-corrected chi connectivity index (χ3v) is 5.33. The highest BCUT2D eigenvalue weighted by atomic mass is 32.2. The van der Waals surface area contributed by atoms with E-state index in [0.29, 0.717) is 0 Å². The highest BCUT2D eigenvalue weighted by Gasteiger charge is 2.34. The molecule has 110 valence electrons. The van der Waals surface area contributed by atoms with Crippen molar-refractivity contribution in [2.45, 2.75) is 44.0 Å². The summed E-state index contributed by atoms with van der Waals surface area (Å²) in [6, 6.07) is 2.99. The SMILES string of the molecule is CC1(C)CCC(NS(=O)(=O)c2cccnc2C(N)=S)C1. The van der Waals surface area contributed by atoms with Crippen molar-refractivity contribution >= 4 is 27.2 Å². The van der Waals surface area contributed by atoms with Crippen molar-refractivity contribution in [3.8, 4) is 0 Å². The molecule has 0 aromatic carbocycles. The van der Waals surface area contributed by atoms with E-state index >= 15 is 0 Å². The van der Waals surface area contributed by atoms with Crippen molar-refractivity contribution in [2.24, 2.45) is 11.1 Å². The molecule has 2 rings (SSSR count). The molecule has 20 heavy (non-hydrogen) atoms. The maximum Gasteiger partial charge on any atom is 0.243 e. The summed E-state index contributed by atoms with van der Waals surface area (Å²) >= 11 is 4.86. The highest BCUT2D eigenvalue weighted by molar-refractivity contribution is 7.89. The van der Waals surface area contributed by atoms with Crippen LogP contribution < -0.4 is 10.5 Å². The van der Waals surface area contributed by atoms with E-state index in [-0.39, 0.29) is 27.0 Å². The van der Waals surface area contributed by atoms with Crippen molar-refractivity contribution < 1.29 is 8.42 Å². The highest BCUT2D eigenvalue weighted by Crippen LogP contribution is 2.37. The van der Waals surface area contributed by atoms with Gasteiger partial charge in [-0.1, -0.05) is 26.1 Å². The molecule has 0 radical (unpaired) electrons. The Kier molecular flexibility index (Phi) is 4.13. The molecule has 1 heterocycles. The van der Waals surface area contributed by atoms with Gasteiger partial charge in [0.25, 0.3) is 0 Å². The van der Waals surface area contributed by atoms with E-state index in [1.807, 2.05) is 0 Å². The molecule has 3 N–H and O–H groups in total. The molecular formula is C13H19N3O2S2. The second-order valence-electron chi connectivity index (χ2n) is 5.94. The van der Waals surface area contributed by atoms with Gasteiger partial charge >= 0.3 is 0 Å². The summed E-state index contributed by atoms with van der Waals surface area (Å²) < 4.78 is 27.7. The molecule has 1 unspecified atom stereocenters. The summed E-state index contributed by atoms with van der Waals surface area (Å²) in [5.74, 6) is 0. The van der Waals surface area contributed by atoms with E-state index in [1.54, 1.807) is 6.07 Å². The minimum atomic E-state index is -3.65. The van der Waals surface area contributed by atoms with Crippen LogP contribution in [0.4, 0.5) is 0 Å². The number of sulfonamides is 1. The number of thiocarbonyl (C=S) groups is 1. The Morgan fingerprint density at radius 2 is 2.25 bits per heavy atom. The molecule has 0 spiro atoms. The molecule has 0 aliphatic heterocycles. The van der Waals surface area contributed by atoms with Crippen LogP contribution in [0.3, 0.4) is 0 Å². The van der Waals surface area contributed by atoms with Gasteiger partial charge in [-0.3, -0.25) is 4.98 Å². The number of nitrogens with two attached hydrogens (primary N) is 1. The molecule has 5 nitrogen and oxygen atoms in total. The Balaban J connectivity index is 2.26. The first-order valence-electron chi connectivity index (χ1n) is 6.48. The Morgan fingerprint density at radius 3 is 2.80 bits per heavy atom. The Morgan fingerprint density at radius 1 is 1.55 bits per heavy atom. The van der Waals surface area contributed by atoms with Crippen LogP contribution >= 0.6 is 12.2 Å². The van der Waals surface area contributed by atoms with Crippen molar-refractivity contribution in [3.05, 3.63) is 24.0 Å². The minimum Gasteiger partial charge on any atom is -0.388 e. The average molecular weight is 313 g/mol. The summed E-state index contributed by atoms with van der Waals surface area (Å²) in [4.78, 5) is 4.00. The predicted molar refractivity (Wildman–Crippen MR) is 81.9 cm³/mol. The van der Waals surface area contributed by atoms with Crippen LogP contribution in [0.15, 0.2) is 23.2 Å². The number of aromatic nitrogens is 1. The van der Waals surface area contributed by atoms with Crippen LogP contribution in [0, 0.1) is 5.41 Å². The molecule has 1 aliphatic carbocycles. The summed E-state index contributed by atoms with van der Waals surface area (Å²) in [6.45, 7) is 4.29. The quantitative estimate of drug-likeness (QED) is 0.824.